The summed E-state index contributed by atoms with van der Waals surface area (Å²) in [6, 6.07) is 6.41. The predicted molar refractivity (Wildman–Crippen MR) is 73.9 cm³/mol. The van der Waals surface area contributed by atoms with Crippen LogP contribution in [0.25, 0.3) is 10.8 Å². The van der Waals surface area contributed by atoms with Gasteiger partial charge in [0.05, 0.1) is 0 Å². The third-order valence-electron chi connectivity index (χ3n) is 2.86. The molecule has 0 spiro atoms. The number of anilines is 1. The molecule has 0 radical (unpaired) electrons. The van der Waals surface area contributed by atoms with Gasteiger partial charge in [-0.15, -0.1) is 10.2 Å². The Balaban J connectivity index is 2.20. The van der Waals surface area contributed by atoms with Crippen LogP contribution in [0.1, 0.15) is 5.69 Å². The zero-order valence-corrected chi connectivity index (χ0v) is 10.5. The largest absolute Gasteiger partial charge is 0.380 e. The number of nitrogens with zero attached hydrogens (tertiary/aromatic N) is 4. The molecule has 0 amide bonds. The van der Waals surface area contributed by atoms with Crippen LogP contribution in [0, 0.1) is 0 Å². The molecule has 2 aromatic carbocycles. The van der Waals surface area contributed by atoms with E-state index in [4.69, 9.17) is 11.5 Å². The number of hydrogen-bond donors (Lipinski definition) is 2. The number of aromatic nitrogens is 2. The molecule has 0 aliphatic rings. The standard InChI is InChI=1S/C12H8N6O3/c13-11(8-12(14)18-21-17-8)16-15-7-9(19)5-3-1-2-4-6(5)10(7)20/h1-4H,(H2,13,16)(H2,14,18). The zero-order chi connectivity index (χ0) is 15.0. The molecule has 0 aliphatic carbocycles. The number of nitrogens with two attached hydrogens (primary N) is 2. The Morgan fingerprint density at radius 3 is 2.24 bits per heavy atom. The van der Waals surface area contributed by atoms with Crippen molar-refractivity contribution in [2.75, 3.05) is 5.73 Å². The summed E-state index contributed by atoms with van der Waals surface area (Å²) in [4.78, 5) is 24.1. The van der Waals surface area contributed by atoms with E-state index in [1.54, 1.807) is 24.3 Å². The summed E-state index contributed by atoms with van der Waals surface area (Å²) in [6.45, 7) is 0. The summed E-state index contributed by atoms with van der Waals surface area (Å²) in [6.07, 6.45) is 0. The normalized spacial score (nSPS) is 11.9. The van der Waals surface area contributed by atoms with Gasteiger partial charge in [0.1, 0.15) is 0 Å². The number of amidine groups is 1. The highest BCUT2D eigenvalue weighted by Gasteiger charge is 2.12. The fourth-order valence-corrected chi connectivity index (χ4v) is 1.85. The fraction of sp³-hybridized carbons (Fsp3) is 0. The van der Waals surface area contributed by atoms with Crippen molar-refractivity contribution in [2.24, 2.45) is 15.9 Å². The van der Waals surface area contributed by atoms with E-state index in [2.05, 4.69) is 25.1 Å². The van der Waals surface area contributed by atoms with Crippen LogP contribution in [-0.2, 0) is 0 Å². The van der Waals surface area contributed by atoms with E-state index in [0.717, 1.165) is 0 Å². The minimum absolute atomic E-state index is 0.00485. The lowest BCUT2D eigenvalue weighted by Crippen LogP contribution is -2.31. The van der Waals surface area contributed by atoms with Crippen molar-refractivity contribution in [3.8, 4) is 0 Å². The number of rotatable bonds is 2. The molecule has 0 saturated heterocycles. The molecule has 21 heavy (non-hydrogen) atoms. The summed E-state index contributed by atoms with van der Waals surface area (Å²) in [7, 11) is 0. The number of fused-ring (bicyclic) bond motifs is 1. The number of benzene rings is 1. The zero-order valence-electron chi connectivity index (χ0n) is 10.5. The topological polar surface area (TPSA) is 150 Å². The molecule has 0 bridgehead atoms. The Bertz CT molecular complexity index is 960. The van der Waals surface area contributed by atoms with Gasteiger partial charge in [0, 0.05) is 10.8 Å². The van der Waals surface area contributed by atoms with Gasteiger partial charge in [-0.25, -0.2) is 4.63 Å². The van der Waals surface area contributed by atoms with Gasteiger partial charge in [-0.05, 0) is 10.3 Å². The quantitative estimate of drug-likeness (QED) is 0.334. The van der Waals surface area contributed by atoms with Gasteiger partial charge in [-0.2, -0.15) is 0 Å². The molecule has 1 heterocycles. The van der Waals surface area contributed by atoms with Crippen molar-refractivity contribution >= 4 is 22.4 Å². The Kier molecular flexibility index (Phi) is 2.79. The second kappa shape index (κ2) is 4.63. The molecule has 104 valence electrons. The van der Waals surface area contributed by atoms with Crippen LogP contribution in [-0.4, -0.2) is 16.1 Å². The van der Waals surface area contributed by atoms with Crippen molar-refractivity contribution in [3.05, 3.63) is 55.8 Å². The summed E-state index contributed by atoms with van der Waals surface area (Å²) in [5, 5.41) is 14.2. The summed E-state index contributed by atoms with van der Waals surface area (Å²) in [5.41, 5.74) is 10.0. The molecule has 0 unspecified atom stereocenters. The van der Waals surface area contributed by atoms with Gasteiger partial charge in [0.15, 0.2) is 22.7 Å². The molecule has 1 aromatic heterocycles. The number of hydrogen-bond acceptors (Lipinski definition) is 8. The highest BCUT2D eigenvalue weighted by atomic mass is 16.6. The highest BCUT2D eigenvalue weighted by Crippen LogP contribution is 2.03. The maximum absolute atomic E-state index is 12.0. The van der Waals surface area contributed by atoms with E-state index in [-0.39, 0.29) is 33.5 Å². The predicted octanol–water partition coefficient (Wildman–Crippen LogP) is -1.38. The molecule has 9 heteroatoms. The maximum atomic E-state index is 12.0. The monoisotopic (exact) mass is 284 g/mol. The fourth-order valence-electron chi connectivity index (χ4n) is 1.85. The first-order valence-corrected chi connectivity index (χ1v) is 5.77. The van der Waals surface area contributed by atoms with Crippen LogP contribution in [0.3, 0.4) is 0 Å². The Hall–Kier alpha value is -3.36. The first-order valence-electron chi connectivity index (χ1n) is 5.77. The Morgan fingerprint density at radius 2 is 1.71 bits per heavy atom. The molecule has 0 atom stereocenters. The van der Waals surface area contributed by atoms with Crippen molar-refractivity contribution < 1.29 is 4.63 Å². The summed E-state index contributed by atoms with van der Waals surface area (Å²) < 4.78 is 4.36. The number of nitrogen functional groups attached to an aromatic ring is 1. The Labute approximate surface area is 115 Å². The lowest BCUT2D eigenvalue weighted by Gasteiger charge is -1.89. The highest BCUT2D eigenvalue weighted by molar-refractivity contribution is 5.98. The van der Waals surface area contributed by atoms with Gasteiger partial charge in [0.25, 0.3) is 0 Å². The molecule has 3 rings (SSSR count). The molecular weight excluding hydrogens is 276 g/mol. The van der Waals surface area contributed by atoms with Crippen LogP contribution in [0.15, 0.2) is 48.7 Å². The van der Waals surface area contributed by atoms with E-state index >= 15 is 0 Å². The molecule has 0 fully saturated rings. The van der Waals surface area contributed by atoms with Crippen molar-refractivity contribution in [2.45, 2.75) is 0 Å². The van der Waals surface area contributed by atoms with Crippen molar-refractivity contribution in [3.63, 3.8) is 0 Å². The van der Waals surface area contributed by atoms with E-state index in [1.807, 2.05) is 0 Å². The van der Waals surface area contributed by atoms with E-state index in [1.165, 1.54) is 0 Å². The smallest absolute Gasteiger partial charge is 0.218 e. The third kappa shape index (κ3) is 1.96. The average molecular weight is 284 g/mol. The summed E-state index contributed by atoms with van der Waals surface area (Å²) in [5.74, 6) is -0.276. The SMILES string of the molecule is N/C(=N\N=c1c(=O)c2ccccc2c1=O)c1nonc1N. The molecule has 4 N–H and O–H groups in total. The van der Waals surface area contributed by atoms with Crippen LogP contribution in [0.2, 0.25) is 0 Å². The first kappa shape index (κ1) is 12.7. The molecular formula is C12H8N6O3. The second-order valence-corrected chi connectivity index (χ2v) is 4.14. The average Bonchev–Trinajstić information content (AvgIpc) is 3.01. The minimum atomic E-state index is -0.501. The van der Waals surface area contributed by atoms with Crippen LogP contribution < -0.4 is 27.7 Å². The van der Waals surface area contributed by atoms with Crippen molar-refractivity contribution in [1.82, 2.24) is 10.3 Å². The summed E-state index contributed by atoms with van der Waals surface area (Å²) >= 11 is 0. The molecule has 0 saturated carbocycles. The lowest BCUT2D eigenvalue weighted by atomic mass is 10.2. The van der Waals surface area contributed by atoms with Crippen LogP contribution in [0.4, 0.5) is 5.82 Å². The second-order valence-electron chi connectivity index (χ2n) is 4.14. The van der Waals surface area contributed by atoms with Gasteiger partial charge >= 0.3 is 0 Å². The van der Waals surface area contributed by atoms with Crippen LogP contribution >= 0.6 is 0 Å². The molecule has 0 aliphatic heterocycles. The lowest BCUT2D eigenvalue weighted by molar-refractivity contribution is 0.308. The van der Waals surface area contributed by atoms with Gasteiger partial charge in [0.2, 0.25) is 10.9 Å². The van der Waals surface area contributed by atoms with Crippen LogP contribution in [0.5, 0.6) is 0 Å². The minimum Gasteiger partial charge on any atom is -0.380 e. The first-order chi connectivity index (χ1) is 10.1. The molecule has 9 nitrogen and oxygen atoms in total. The van der Waals surface area contributed by atoms with E-state index in [0.29, 0.717) is 0 Å². The van der Waals surface area contributed by atoms with E-state index < -0.39 is 10.9 Å². The van der Waals surface area contributed by atoms with Gasteiger partial charge < -0.3 is 11.5 Å². The molecule has 3 aromatic rings. The van der Waals surface area contributed by atoms with Gasteiger partial charge in [-0.3, -0.25) is 9.59 Å². The maximum Gasteiger partial charge on any atom is 0.218 e. The third-order valence-corrected chi connectivity index (χ3v) is 2.86. The van der Waals surface area contributed by atoms with Gasteiger partial charge in [-0.1, -0.05) is 24.3 Å². The Morgan fingerprint density at radius 1 is 1.10 bits per heavy atom. The van der Waals surface area contributed by atoms with Crippen molar-refractivity contribution in [1.29, 1.82) is 0 Å². The van der Waals surface area contributed by atoms with E-state index in [9.17, 15) is 9.59 Å².